The molecule has 1 saturated heterocycles. The van der Waals surface area contributed by atoms with Gasteiger partial charge in [-0.3, -0.25) is 0 Å². The molecule has 1 unspecified atom stereocenters. The Bertz CT molecular complexity index is 533. The quantitative estimate of drug-likeness (QED) is 0.897. The van der Waals surface area contributed by atoms with E-state index >= 15 is 0 Å². The highest BCUT2D eigenvalue weighted by Gasteiger charge is 2.17. The Hall–Kier alpha value is -2.01. The van der Waals surface area contributed by atoms with E-state index in [1.165, 1.54) is 0 Å². The van der Waals surface area contributed by atoms with E-state index in [2.05, 4.69) is 5.16 Å². The Morgan fingerprint density at radius 1 is 1.39 bits per heavy atom. The molecule has 0 spiro atoms. The van der Waals surface area contributed by atoms with Crippen LogP contribution in [0.2, 0.25) is 0 Å². The zero-order chi connectivity index (χ0) is 12.4. The second kappa shape index (κ2) is 4.70. The topological polar surface area (TPSA) is 70.5 Å². The first-order chi connectivity index (χ1) is 8.83. The van der Waals surface area contributed by atoms with Crippen molar-refractivity contribution in [1.29, 1.82) is 0 Å². The van der Waals surface area contributed by atoms with Gasteiger partial charge in [-0.05, 0) is 17.7 Å². The van der Waals surface area contributed by atoms with Crippen LogP contribution in [0.3, 0.4) is 0 Å². The molecule has 1 aliphatic rings. The van der Waals surface area contributed by atoms with E-state index in [1.54, 1.807) is 6.20 Å². The van der Waals surface area contributed by atoms with Gasteiger partial charge in [0.2, 0.25) is 5.88 Å². The molecule has 94 valence electrons. The van der Waals surface area contributed by atoms with Crippen molar-refractivity contribution in [3.63, 3.8) is 0 Å². The van der Waals surface area contributed by atoms with Gasteiger partial charge in [0.25, 0.3) is 0 Å². The maximum Gasteiger partial charge on any atom is 0.229 e. The highest BCUT2D eigenvalue weighted by Crippen LogP contribution is 2.29. The van der Waals surface area contributed by atoms with Crippen LogP contribution < -0.4 is 10.5 Å². The summed E-state index contributed by atoms with van der Waals surface area (Å²) < 4.78 is 16.0. The first kappa shape index (κ1) is 11.1. The fourth-order valence-corrected chi connectivity index (χ4v) is 2.00. The molecular weight excluding hydrogens is 232 g/mol. The van der Waals surface area contributed by atoms with E-state index in [0.717, 1.165) is 29.9 Å². The minimum atomic E-state index is 0.139. The molecule has 1 fully saturated rings. The number of nitrogens with zero attached hydrogens (tertiary/aromatic N) is 1. The van der Waals surface area contributed by atoms with Crippen molar-refractivity contribution in [2.75, 3.05) is 18.9 Å². The zero-order valence-electron chi connectivity index (χ0n) is 9.83. The lowest BCUT2D eigenvalue weighted by atomic mass is 10.1. The van der Waals surface area contributed by atoms with E-state index in [0.29, 0.717) is 12.5 Å². The lowest BCUT2D eigenvalue weighted by Gasteiger charge is -2.12. The van der Waals surface area contributed by atoms with Crippen molar-refractivity contribution >= 4 is 5.88 Å². The van der Waals surface area contributed by atoms with E-state index in [1.807, 2.05) is 24.3 Å². The number of nitrogens with two attached hydrogens (primary N) is 1. The molecule has 0 saturated carbocycles. The maximum atomic E-state index is 5.84. The smallest absolute Gasteiger partial charge is 0.229 e. The van der Waals surface area contributed by atoms with Gasteiger partial charge in [-0.1, -0.05) is 17.3 Å². The van der Waals surface area contributed by atoms with Gasteiger partial charge in [-0.2, -0.15) is 0 Å². The molecule has 2 aromatic rings. The molecule has 1 atom stereocenters. The van der Waals surface area contributed by atoms with Gasteiger partial charge in [0.05, 0.1) is 25.0 Å². The molecule has 18 heavy (non-hydrogen) atoms. The predicted molar refractivity (Wildman–Crippen MR) is 66.2 cm³/mol. The summed E-state index contributed by atoms with van der Waals surface area (Å²) in [6.07, 6.45) is 2.67. The Kier molecular flexibility index (Phi) is 2.90. The number of benzene rings is 1. The molecule has 5 nitrogen and oxygen atoms in total. The third-order valence-corrected chi connectivity index (χ3v) is 2.93. The zero-order valence-corrected chi connectivity index (χ0v) is 9.83. The van der Waals surface area contributed by atoms with Gasteiger partial charge in [0, 0.05) is 6.42 Å². The van der Waals surface area contributed by atoms with Crippen LogP contribution in [-0.4, -0.2) is 24.5 Å². The standard InChI is InChI=1S/C13H14N2O3/c14-13-12(7-15-18-13)9-2-1-3-10(6-9)17-11-4-5-16-8-11/h1-3,6-7,11H,4-5,8,14H2. The highest BCUT2D eigenvalue weighted by molar-refractivity contribution is 5.72. The van der Waals surface area contributed by atoms with Crippen LogP contribution in [0, 0.1) is 0 Å². The molecular formula is C13H14N2O3. The van der Waals surface area contributed by atoms with Crippen LogP contribution in [0.5, 0.6) is 5.75 Å². The second-order valence-corrected chi connectivity index (χ2v) is 4.24. The van der Waals surface area contributed by atoms with Crippen LogP contribution in [0.15, 0.2) is 35.0 Å². The van der Waals surface area contributed by atoms with Crippen LogP contribution >= 0.6 is 0 Å². The molecule has 2 N–H and O–H groups in total. The van der Waals surface area contributed by atoms with E-state index in [9.17, 15) is 0 Å². The molecule has 1 aromatic heterocycles. The fraction of sp³-hybridized carbons (Fsp3) is 0.308. The van der Waals surface area contributed by atoms with Gasteiger partial charge in [-0.15, -0.1) is 0 Å². The lowest BCUT2D eigenvalue weighted by Crippen LogP contribution is -2.15. The number of anilines is 1. The van der Waals surface area contributed by atoms with Gasteiger partial charge < -0.3 is 19.7 Å². The highest BCUT2D eigenvalue weighted by atomic mass is 16.5. The first-order valence-corrected chi connectivity index (χ1v) is 5.88. The van der Waals surface area contributed by atoms with Crippen LogP contribution in [0.1, 0.15) is 6.42 Å². The van der Waals surface area contributed by atoms with Gasteiger partial charge in [0.1, 0.15) is 11.9 Å². The van der Waals surface area contributed by atoms with Crippen LogP contribution in [-0.2, 0) is 4.74 Å². The van der Waals surface area contributed by atoms with Crippen molar-refractivity contribution in [3.05, 3.63) is 30.5 Å². The van der Waals surface area contributed by atoms with E-state index in [-0.39, 0.29) is 6.10 Å². The second-order valence-electron chi connectivity index (χ2n) is 4.24. The van der Waals surface area contributed by atoms with Crippen molar-refractivity contribution in [1.82, 2.24) is 5.16 Å². The monoisotopic (exact) mass is 246 g/mol. The minimum Gasteiger partial charge on any atom is -0.488 e. The molecule has 0 radical (unpaired) electrons. The Labute approximate surface area is 104 Å². The average molecular weight is 246 g/mol. The summed E-state index contributed by atoms with van der Waals surface area (Å²) >= 11 is 0. The summed E-state index contributed by atoms with van der Waals surface area (Å²) in [4.78, 5) is 0. The fourth-order valence-electron chi connectivity index (χ4n) is 2.00. The first-order valence-electron chi connectivity index (χ1n) is 5.88. The largest absolute Gasteiger partial charge is 0.488 e. The Morgan fingerprint density at radius 3 is 3.06 bits per heavy atom. The maximum absolute atomic E-state index is 5.84. The summed E-state index contributed by atoms with van der Waals surface area (Å²) in [5.74, 6) is 1.12. The van der Waals surface area contributed by atoms with Crippen molar-refractivity contribution in [2.24, 2.45) is 0 Å². The van der Waals surface area contributed by atoms with E-state index < -0.39 is 0 Å². The summed E-state index contributed by atoms with van der Waals surface area (Å²) in [5.41, 5.74) is 7.41. The molecule has 0 bridgehead atoms. The van der Waals surface area contributed by atoms with Crippen LogP contribution in [0.25, 0.3) is 11.1 Å². The summed E-state index contributed by atoms with van der Waals surface area (Å²) in [6.45, 7) is 1.42. The lowest BCUT2D eigenvalue weighted by molar-refractivity contribution is 0.141. The number of hydrogen-bond acceptors (Lipinski definition) is 5. The van der Waals surface area contributed by atoms with Crippen molar-refractivity contribution in [3.8, 4) is 16.9 Å². The molecule has 1 aromatic carbocycles. The summed E-state index contributed by atoms with van der Waals surface area (Å²) in [7, 11) is 0. The number of nitrogen functional groups attached to an aromatic ring is 1. The summed E-state index contributed by atoms with van der Waals surface area (Å²) in [5, 5.41) is 3.67. The van der Waals surface area contributed by atoms with Crippen molar-refractivity contribution in [2.45, 2.75) is 12.5 Å². The SMILES string of the molecule is Nc1oncc1-c1cccc(OC2CCOC2)c1. The predicted octanol–water partition coefficient (Wildman–Crippen LogP) is 2.09. The Morgan fingerprint density at radius 2 is 2.33 bits per heavy atom. The molecule has 2 heterocycles. The number of hydrogen-bond donors (Lipinski definition) is 1. The third-order valence-electron chi connectivity index (χ3n) is 2.93. The van der Waals surface area contributed by atoms with Crippen molar-refractivity contribution < 1.29 is 14.0 Å². The van der Waals surface area contributed by atoms with Gasteiger partial charge in [0.15, 0.2) is 0 Å². The Balaban J connectivity index is 1.82. The van der Waals surface area contributed by atoms with E-state index in [4.69, 9.17) is 19.7 Å². The molecule has 0 amide bonds. The number of aromatic nitrogens is 1. The van der Waals surface area contributed by atoms with Gasteiger partial charge >= 0.3 is 0 Å². The average Bonchev–Trinajstić information content (AvgIpc) is 3.01. The molecule has 3 rings (SSSR count). The minimum absolute atomic E-state index is 0.139. The van der Waals surface area contributed by atoms with Crippen LogP contribution in [0.4, 0.5) is 5.88 Å². The summed E-state index contributed by atoms with van der Waals surface area (Å²) in [6, 6.07) is 7.72. The molecule has 1 aliphatic heterocycles. The third kappa shape index (κ3) is 2.17. The van der Waals surface area contributed by atoms with Gasteiger partial charge in [-0.25, -0.2) is 0 Å². The molecule has 5 heteroatoms. The number of ether oxygens (including phenoxy) is 2. The molecule has 0 aliphatic carbocycles. The normalized spacial score (nSPS) is 19.0. The number of rotatable bonds is 3.